The molecule has 0 radical (unpaired) electrons. The molecule has 0 saturated heterocycles. The van der Waals surface area contributed by atoms with Crippen molar-refractivity contribution in [2.45, 2.75) is 18.6 Å². The van der Waals surface area contributed by atoms with Crippen molar-refractivity contribution in [1.82, 2.24) is 20.1 Å². The van der Waals surface area contributed by atoms with E-state index in [9.17, 15) is 14.4 Å². The molecule has 0 bridgehead atoms. The number of ether oxygens (including phenoxy) is 3. The number of methoxy groups -OCH3 is 2. The van der Waals surface area contributed by atoms with Gasteiger partial charge < -0.3 is 24.8 Å². The highest BCUT2D eigenvalue weighted by atomic mass is 32.2. The van der Waals surface area contributed by atoms with Crippen LogP contribution in [0.4, 0.5) is 5.69 Å². The summed E-state index contributed by atoms with van der Waals surface area (Å²) in [5.41, 5.74) is 1.97. The molecule has 0 aliphatic carbocycles. The Balaban J connectivity index is 1.50. The van der Waals surface area contributed by atoms with Crippen LogP contribution in [0.1, 0.15) is 33.5 Å². The maximum Gasteiger partial charge on any atom is 0.338 e. The van der Waals surface area contributed by atoms with Crippen LogP contribution in [0.25, 0.3) is 5.69 Å². The maximum atomic E-state index is 12.9. The number of nitrogens with one attached hydrogen (secondary N) is 2. The summed E-state index contributed by atoms with van der Waals surface area (Å²) < 4.78 is 17.6. The molecule has 0 aliphatic rings. The van der Waals surface area contributed by atoms with Gasteiger partial charge in [-0.1, -0.05) is 36.0 Å². The summed E-state index contributed by atoms with van der Waals surface area (Å²) in [6.07, 6.45) is 0. The van der Waals surface area contributed by atoms with Crippen LogP contribution in [0.5, 0.6) is 11.5 Å². The molecule has 0 atom stereocenters. The van der Waals surface area contributed by atoms with E-state index >= 15 is 0 Å². The summed E-state index contributed by atoms with van der Waals surface area (Å²) in [6, 6.07) is 20.7. The highest BCUT2D eigenvalue weighted by Gasteiger charge is 2.20. The number of hydrogen-bond donors (Lipinski definition) is 2. The molecular formula is C29H29N5O6S. The Kier molecular flexibility index (Phi) is 9.94. The van der Waals surface area contributed by atoms with Gasteiger partial charge in [0.2, 0.25) is 5.91 Å². The van der Waals surface area contributed by atoms with Crippen molar-refractivity contribution in [3.63, 3.8) is 0 Å². The molecular weight excluding hydrogens is 546 g/mol. The Morgan fingerprint density at radius 2 is 1.56 bits per heavy atom. The zero-order chi connectivity index (χ0) is 29.2. The van der Waals surface area contributed by atoms with Crippen LogP contribution < -0.4 is 20.1 Å². The summed E-state index contributed by atoms with van der Waals surface area (Å²) in [4.78, 5) is 37.5. The lowest BCUT2D eigenvalue weighted by atomic mass is 10.2. The second-order valence-corrected chi connectivity index (χ2v) is 9.37. The minimum atomic E-state index is -0.425. The third kappa shape index (κ3) is 7.22. The van der Waals surface area contributed by atoms with Crippen molar-refractivity contribution in [3.05, 3.63) is 89.7 Å². The first kappa shape index (κ1) is 29.2. The summed E-state index contributed by atoms with van der Waals surface area (Å²) >= 11 is 1.18. The summed E-state index contributed by atoms with van der Waals surface area (Å²) in [7, 11) is 3.06. The number of thioether (sulfide) groups is 1. The first-order valence-electron chi connectivity index (χ1n) is 12.6. The molecule has 0 saturated carbocycles. The second-order valence-electron chi connectivity index (χ2n) is 8.42. The molecule has 4 aromatic rings. The molecule has 3 aromatic carbocycles. The van der Waals surface area contributed by atoms with Gasteiger partial charge in [-0.05, 0) is 55.5 Å². The summed E-state index contributed by atoms with van der Waals surface area (Å²) in [5.74, 6) is 0.452. The zero-order valence-electron chi connectivity index (χ0n) is 22.7. The van der Waals surface area contributed by atoms with Crippen molar-refractivity contribution < 1.29 is 28.6 Å². The van der Waals surface area contributed by atoms with Gasteiger partial charge in [0.1, 0.15) is 11.5 Å². The Bertz CT molecular complexity index is 1520. The molecule has 0 unspecified atom stereocenters. The second kappa shape index (κ2) is 14.0. The number of carbonyl (C=O) groups is 3. The highest BCUT2D eigenvalue weighted by molar-refractivity contribution is 7.99. The molecule has 0 aliphatic heterocycles. The fourth-order valence-corrected chi connectivity index (χ4v) is 4.65. The van der Waals surface area contributed by atoms with Crippen molar-refractivity contribution in [1.29, 1.82) is 0 Å². The number of esters is 1. The molecule has 41 heavy (non-hydrogen) atoms. The van der Waals surface area contributed by atoms with E-state index in [1.54, 1.807) is 73.2 Å². The Labute approximate surface area is 241 Å². The van der Waals surface area contributed by atoms with Crippen LogP contribution in [-0.4, -0.2) is 59.1 Å². The van der Waals surface area contributed by atoms with Crippen LogP contribution >= 0.6 is 11.8 Å². The van der Waals surface area contributed by atoms with Gasteiger partial charge in [0.15, 0.2) is 11.0 Å². The number of anilines is 1. The van der Waals surface area contributed by atoms with Crippen molar-refractivity contribution >= 4 is 35.2 Å². The zero-order valence-corrected chi connectivity index (χ0v) is 23.6. The number of carbonyl (C=O) groups excluding carboxylic acids is 3. The Morgan fingerprint density at radius 3 is 2.27 bits per heavy atom. The van der Waals surface area contributed by atoms with Crippen LogP contribution in [0, 0.1) is 0 Å². The van der Waals surface area contributed by atoms with Crippen molar-refractivity contribution in [2.24, 2.45) is 0 Å². The van der Waals surface area contributed by atoms with Gasteiger partial charge in [-0.25, -0.2) is 4.79 Å². The molecule has 11 nitrogen and oxygen atoms in total. The van der Waals surface area contributed by atoms with Gasteiger partial charge in [-0.2, -0.15) is 0 Å². The lowest BCUT2D eigenvalue weighted by molar-refractivity contribution is -0.113. The van der Waals surface area contributed by atoms with E-state index in [-0.39, 0.29) is 30.7 Å². The third-order valence-electron chi connectivity index (χ3n) is 5.80. The van der Waals surface area contributed by atoms with E-state index in [1.165, 1.54) is 18.9 Å². The van der Waals surface area contributed by atoms with Gasteiger partial charge in [-0.3, -0.25) is 14.2 Å². The number of hydrogen-bond acceptors (Lipinski definition) is 9. The average molecular weight is 576 g/mol. The molecule has 1 heterocycles. The molecule has 0 fully saturated rings. The number of para-hydroxylation sites is 3. The van der Waals surface area contributed by atoms with E-state index in [4.69, 9.17) is 14.2 Å². The normalized spacial score (nSPS) is 10.5. The predicted molar refractivity (Wildman–Crippen MR) is 154 cm³/mol. The minimum absolute atomic E-state index is 0.0283. The highest BCUT2D eigenvalue weighted by Crippen LogP contribution is 2.29. The van der Waals surface area contributed by atoms with Crippen LogP contribution in [0.15, 0.2) is 78.0 Å². The number of nitrogens with zero attached hydrogens (tertiary/aromatic N) is 3. The summed E-state index contributed by atoms with van der Waals surface area (Å²) in [5, 5.41) is 14.7. The fourth-order valence-electron chi connectivity index (χ4n) is 3.88. The van der Waals surface area contributed by atoms with E-state index in [0.29, 0.717) is 45.0 Å². The molecule has 4 rings (SSSR count). The lowest BCUT2D eigenvalue weighted by Crippen LogP contribution is -2.25. The van der Waals surface area contributed by atoms with Crippen LogP contribution in [0.3, 0.4) is 0 Å². The van der Waals surface area contributed by atoms with Crippen LogP contribution in [-0.2, 0) is 16.1 Å². The third-order valence-corrected chi connectivity index (χ3v) is 6.73. The van der Waals surface area contributed by atoms with Crippen molar-refractivity contribution in [2.75, 3.05) is 31.9 Å². The summed E-state index contributed by atoms with van der Waals surface area (Å²) in [6.45, 7) is 2.07. The molecule has 2 N–H and O–H groups in total. The predicted octanol–water partition coefficient (Wildman–Crippen LogP) is 4.12. The fraction of sp³-hybridized carbons (Fsp3) is 0.207. The topological polar surface area (TPSA) is 134 Å². The number of amides is 2. The van der Waals surface area contributed by atoms with E-state index < -0.39 is 5.97 Å². The average Bonchev–Trinajstić information content (AvgIpc) is 3.41. The van der Waals surface area contributed by atoms with Gasteiger partial charge in [0.05, 0.1) is 49.9 Å². The van der Waals surface area contributed by atoms with E-state index in [0.717, 1.165) is 0 Å². The molecule has 1 aromatic heterocycles. The number of benzene rings is 3. The quantitative estimate of drug-likeness (QED) is 0.189. The SMILES string of the molecule is CCOC(=O)c1ccc(NC(=O)CSc2nnc(CNC(=O)c3ccccc3OC)n2-c2ccccc2OC)cc1. The Morgan fingerprint density at radius 1 is 0.878 bits per heavy atom. The van der Waals surface area contributed by atoms with Gasteiger partial charge in [-0.15, -0.1) is 10.2 Å². The van der Waals surface area contributed by atoms with Crippen LogP contribution in [0.2, 0.25) is 0 Å². The largest absolute Gasteiger partial charge is 0.496 e. The van der Waals surface area contributed by atoms with E-state index in [1.807, 2.05) is 18.2 Å². The van der Waals surface area contributed by atoms with E-state index in [2.05, 4.69) is 20.8 Å². The van der Waals surface area contributed by atoms with Crippen molar-refractivity contribution in [3.8, 4) is 17.2 Å². The molecule has 12 heteroatoms. The molecule has 212 valence electrons. The molecule has 2 amide bonds. The lowest BCUT2D eigenvalue weighted by Gasteiger charge is -2.14. The number of rotatable bonds is 12. The first-order valence-corrected chi connectivity index (χ1v) is 13.6. The minimum Gasteiger partial charge on any atom is -0.496 e. The van der Waals surface area contributed by atoms with Gasteiger partial charge in [0.25, 0.3) is 5.91 Å². The smallest absolute Gasteiger partial charge is 0.338 e. The standard InChI is InChI=1S/C29H29N5O6S/c1-4-40-28(37)19-13-15-20(16-14-19)31-26(35)18-41-29-33-32-25(34(29)22-10-6-8-12-24(22)39-3)17-30-27(36)21-9-5-7-11-23(21)38-2/h5-16H,4,17-18H2,1-3H3,(H,30,36)(H,31,35). The van der Waals surface area contributed by atoms with Gasteiger partial charge in [0, 0.05) is 5.69 Å². The molecule has 0 spiro atoms. The monoisotopic (exact) mass is 575 g/mol. The number of aromatic nitrogens is 3. The van der Waals surface area contributed by atoms with Gasteiger partial charge >= 0.3 is 5.97 Å². The first-order chi connectivity index (χ1) is 19.9. The maximum absolute atomic E-state index is 12.9. The Hall–Kier alpha value is -4.84.